The van der Waals surface area contributed by atoms with Gasteiger partial charge in [-0.05, 0) is 13.8 Å². The van der Waals surface area contributed by atoms with E-state index in [1.807, 2.05) is 22.9 Å². The first-order valence-electron chi connectivity index (χ1n) is 3.73. The Morgan fingerprint density at radius 3 is 2.43 bits per heavy atom. The first-order chi connectivity index (χ1) is 6.50. The monoisotopic (exact) mass is 328 g/mol. The number of nitrogens with zero attached hydrogens (tertiary/aromatic N) is 2. The van der Waals surface area contributed by atoms with Gasteiger partial charge in [-0.25, -0.2) is 7.58 Å². The van der Waals surface area contributed by atoms with E-state index in [0.717, 1.165) is 16.2 Å². The summed E-state index contributed by atoms with van der Waals surface area (Å²) < 4.78 is 7.07. The van der Waals surface area contributed by atoms with Crippen molar-refractivity contribution in [2.45, 2.75) is 13.8 Å². The Bertz CT molecular complexity index is 428. The van der Waals surface area contributed by atoms with Crippen LogP contribution in [-0.4, -0.2) is 13.9 Å². The molecule has 0 saturated carbocycles. The van der Waals surface area contributed by atoms with Crippen LogP contribution in [0.1, 0.15) is 11.3 Å². The molecule has 0 atom stereocenters. The van der Waals surface area contributed by atoms with Gasteiger partial charge >= 0.3 is 5.69 Å². The summed E-state index contributed by atoms with van der Waals surface area (Å²) in [7, 11) is 1.41. The van der Waals surface area contributed by atoms with Crippen LogP contribution in [-0.2, 0) is 4.18 Å². The van der Waals surface area contributed by atoms with Crippen molar-refractivity contribution >= 4 is 35.1 Å². The topological polar surface area (TPSA) is 53.2 Å². The van der Waals surface area contributed by atoms with E-state index < -0.39 is 5.69 Å². The molecule has 0 bridgehead atoms. The first kappa shape index (κ1) is 11.8. The van der Waals surface area contributed by atoms with Gasteiger partial charge in [0.25, 0.3) is 5.56 Å². The molecule has 7 heteroatoms. The molecule has 14 heavy (non-hydrogen) atoms. The van der Waals surface area contributed by atoms with Gasteiger partial charge in [-0.3, -0.25) is 8.98 Å². The number of hydrogen-bond donors (Lipinski definition) is 0. The molecule has 0 aromatic carbocycles. The predicted octanol–water partition coefficient (Wildman–Crippen LogP) is 0.883. The van der Waals surface area contributed by atoms with Gasteiger partial charge in [-0.15, -0.1) is 0 Å². The quantitative estimate of drug-likeness (QED) is 0.598. The normalized spacial score (nSPS) is 10.6. The third-order valence-corrected chi connectivity index (χ3v) is 3.59. The lowest BCUT2D eigenvalue weighted by Gasteiger charge is -2.07. The van der Waals surface area contributed by atoms with Crippen LogP contribution < -0.4 is 11.2 Å². The zero-order valence-corrected chi connectivity index (χ0v) is 10.9. The Morgan fingerprint density at radius 1 is 1.36 bits per heavy atom. The molecule has 0 radical (unpaired) electrons. The highest BCUT2D eigenvalue weighted by atomic mass is 127. The van der Waals surface area contributed by atoms with E-state index in [0.29, 0.717) is 11.3 Å². The molecule has 1 aromatic rings. The van der Waals surface area contributed by atoms with Gasteiger partial charge in [0.1, 0.15) is 12.2 Å². The number of rotatable bonds is 2. The number of aromatic nitrogens is 2. The van der Waals surface area contributed by atoms with Gasteiger partial charge in [0, 0.05) is 11.3 Å². The van der Waals surface area contributed by atoms with E-state index in [-0.39, 0.29) is 5.56 Å². The van der Waals surface area contributed by atoms with Crippen molar-refractivity contribution in [2.75, 3.05) is 7.11 Å². The summed E-state index contributed by atoms with van der Waals surface area (Å²) >= 11 is 2.58. The van der Waals surface area contributed by atoms with Crippen molar-refractivity contribution in [2.24, 2.45) is 0 Å². The second kappa shape index (κ2) is 4.49. The molecule has 0 fully saturated rings. The van der Waals surface area contributed by atoms with E-state index in [9.17, 15) is 9.59 Å². The highest BCUT2D eigenvalue weighted by Gasteiger charge is 2.12. The maximum absolute atomic E-state index is 11.6. The zero-order chi connectivity index (χ0) is 10.9. The average molecular weight is 328 g/mol. The highest BCUT2D eigenvalue weighted by Crippen LogP contribution is 2.05. The molecule has 0 spiro atoms. The van der Waals surface area contributed by atoms with E-state index >= 15 is 0 Å². The standard InChI is InChI=1S/C7H9IN2O3S/c1-4-5(2)9(8)7(12)10(6(4)11)14-13-3/h1-3H3. The second-order valence-electron chi connectivity index (χ2n) is 2.61. The van der Waals surface area contributed by atoms with E-state index in [1.165, 1.54) is 9.89 Å². The van der Waals surface area contributed by atoms with Gasteiger partial charge in [-0.1, -0.05) is 0 Å². The molecule has 1 aromatic heterocycles. The van der Waals surface area contributed by atoms with Crippen molar-refractivity contribution in [1.29, 1.82) is 0 Å². The van der Waals surface area contributed by atoms with Crippen LogP contribution in [0.25, 0.3) is 0 Å². The van der Waals surface area contributed by atoms with Crippen molar-refractivity contribution < 1.29 is 4.18 Å². The lowest BCUT2D eigenvalue weighted by molar-refractivity contribution is 0.483. The molecule has 0 aliphatic carbocycles. The Balaban J connectivity index is 3.61. The smallest absolute Gasteiger partial charge is 0.300 e. The minimum atomic E-state index is -0.398. The van der Waals surface area contributed by atoms with Crippen molar-refractivity contribution in [3.63, 3.8) is 0 Å². The van der Waals surface area contributed by atoms with Crippen LogP contribution in [0, 0.1) is 13.8 Å². The maximum atomic E-state index is 11.6. The van der Waals surface area contributed by atoms with Crippen molar-refractivity contribution in [1.82, 2.24) is 6.75 Å². The fourth-order valence-corrected chi connectivity index (χ4v) is 2.13. The van der Waals surface area contributed by atoms with Gasteiger partial charge in [0.05, 0.1) is 30.0 Å². The van der Waals surface area contributed by atoms with Crippen LogP contribution >= 0.6 is 35.1 Å². The number of halogens is 1. The first-order valence-corrected chi connectivity index (χ1v) is 5.39. The van der Waals surface area contributed by atoms with Crippen LogP contribution in [0.4, 0.5) is 0 Å². The second-order valence-corrected chi connectivity index (χ2v) is 4.43. The molecule has 0 N–H and O–H groups in total. The Labute approximate surface area is 98.9 Å². The van der Waals surface area contributed by atoms with E-state index in [1.54, 1.807) is 13.8 Å². The lowest BCUT2D eigenvalue weighted by Crippen LogP contribution is -2.36. The number of hydrogen-bond acceptors (Lipinski definition) is 4. The van der Waals surface area contributed by atoms with Crippen LogP contribution in [0.5, 0.6) is 0 Å². The van der Waals surface area contributed by atoms with Crippen molar-refractivity contribution in [3.8, 4) is 0 Å². The van der Waals surface area contributed by atoms with Crippen LogP contribution in [0.15, 0.2) is 9.59 Å². The van der Waals surface area contributed by atoms with Gasteiger partial charge < -0.3 is 0 Å². The van der Waals surface area contributed by atoms with Gasteiger partial charge in [0.15, 0.2) is 0 Å². The molecule has 5 nitrogen and oxygen atoms in total. The molecule has 0 saturated heterocycles. The summed E-state index contributed by atoms with van der Waals surface area (Å²) in [6.45, 7) is 3.41. The van der Waals surface area contributed by atoms with Crippen molar-refractivity contribution in [3.05, 3.63) is 32.1 Å². The minimum Gasteiger partial charge on any atom is -0.300 e. The Kier molecular flexibility index (Phi) is 3.78. The highest BCUT2D eigenvalue weighted by molar-refractivity contribution is 14.1. The van der Waals surface area contributed by atoms with Crippen LogP contribution in [0.3, 0.4) is 0 Å². The molecule has 0 aliphatic heterocycles. The average Bonchev–Trinajstić information content (AvgIpc) is 2.19. The third-order valence-electron chi connectivity index (χ3n) is 1.83. The fourth-order valence-electron chi connectivity index (χ4n) is 0.905. The summed E-state index contributed by atoms with van der Waals surface area (Å²) in [5, 5.41) is 0. The maximum Gasteiger partial charge on any atom is 0.352 e. The molecule has 1 rings (SSSR count). The van der Waals surface area contributed by atoms with E-state index in [4.69, 9.17) is 4.18 Å². The molecular weight excluding hydrogens is 319 g/mol. The summed E-state index contributed by atoms with van der Waals surface area (Å²) in [6.07, 6.45) is 0. The fraction of sp³-hybridized carbons (Fsp3) is 0.429. The zero-order valence-electron chi connectivity index (χ0n) is 7.91. The predicted molar refractivity (Wildman–Crippen MR) is 63.9 cm³/mol. The summed E-state index contributed by atoms with van der Waals surface area (Å²) in [6, 6.07) is 0. The van der Waals surface area contributed by atoms with Crippen LogP contribution in [0.2, 0.25) is 0 Å². The molecule has 0 amide bonds. The largest absolute Gasteiger partial charge is 0.352 e. The lowest BCUT2D eigenvalue weighted by atomic mass is 10.3. The summed E-state index contributed by atoms with van der Waals surface area (Å²) in [4.78, 5) is 23.2. The van der Waals surface area contributed by atoms with Gasteiger partial charge in [0.2, 0.25) is 0 Å². The minimum absolute atomic E-state index is 0.327. The summed E-state index contributed by atoms with van der Waals surface area (Å²) in [5.41, 5.74) is 0.481. The summed E-state index contributed by atoms with van der Waals surface area (Å²) in [5.74, 6) is 0. The SMILES string of the molecule is COSn1c(=O)c(C)c(C)n(I)c1=O. The van der Waals surface area contributed by atoms with Gasteiger partial charge in [-0.2, -0.15) is 3.97 Å². The van der Waals surface area contributed by atoms with E-state index in [2.05, 4.69) is 0 Å². The molecule has 78 valence electrons. The Hall–Kier alpha value is -0.280. The molecule has 0 unspecified atom stereocenters. The molecular formula is C7H9IN2O3S. The Morgan fingerprint density at radius 2 is 1.93 bits per heavy atom. The molecule has 0 aliphatic rings. The third kappa shape index (κ3) is 1.89. The molecule has 1 heterocycles.